The van der Waals surface area contributed by atoms with Crippen molar-refractivity contribution in [3.05, 3.63) is 65.8 Å². The number of fused-ring (bicyclic) bond motifs is 1. The number of benzene rings is 1. The SMILES string of the molecule is CC1=CCC=C(c2ccc(C(N)=O)cc2)n2ccnc21. The average Bonchev–Trinajstić information content (AvgIpc) is 2.87. The molecule has 20 heavy (non-hydrogen) atoms. The molecule has 100 valence electrons. The second-order valence-electron chi connectivity index (χ2n) is 4.77. The van der Waals surface area contributed by atoms with E-state index in [9.17, 15) is 4.79 Å². The summed E-state index contributed by atoms with van der Waals surface area (Å²) < 4.78 is 2.07. The fourth-order valence-corrected chi connectivity index (χ4v) is 2.39. The van der Waals surface area contributed by atoms with Gasteiger partial charge in [-0.15, -0.1) is 0 Å². The minimum atomic E-state index is -0.410. The summed E-state index contributed by atoms with van der Waals surface area (Å²) in [6.45, 7) is 2.06. The maximum Gasteiger partial charge on any atom is 0.248 e. The van der Waals surface area contributed by atoms with Crippen molar-refractivity contribution < 1.29 is 4.79 Å². The Morgan fingerprint density at radius 3 is 2.70 bits per heavy atom. The van der Waals surface area contributed by atoms with Gasteiger partial charge >= 0.3 is 0 Å². The van der Waals surface area contributed by atoms with Crippen LogP contribution in [0.4, 0.5) is 0 Å². The maximum absolute atomic E-state index is 11.1. The van der Waals surface area contributed by atoms with Gasteiger partial charge in [0.2, 0.25) is 5.91 Å². The minimum absolute atomic E-state index is 0.410. The van der Waals surface area contributed by atoms with Crippen LogP contribution < -0.4 is 5.73 Å². The molecule has 0 aliphatic carbocycles. The average molecular weight is 265 g/mol. The zero-order chi connectivity index (χ0) is 14.1. The normalized spacial score (nSPS) is 14.1. The number of allylic oxidation sites excluding steroid dienone is 3. The highest BCUT2D eigenvalue weighted by molar-refractivity contribution is 5.93. The first kappa shape index (κ1) is 12.4. The molecule has 1 aromatic heterocycles. The largest absolute Gasteiger partial charge is 0.366 e. The zero-order valence-electron chi connectivity index (χ0n) is 11.2. The number of nitrogens with two attached hydrogens (primary N) is 1. The lowest BCUT2D eigenvalue weighted by atomic mass is 10.1. The molecule has 2 N–H and O–H groups in total. The number of hydrogen-bond acceptors (Lipinski definition) is 2. The molecule has 1 aromatic carbocycles. The van der Waals surface area contributed by atoms with E-state index in [1.165, 1.54) is 0 Å². The summed E-state index contributed by atoms with van der Waals surface area (Å²) in [5.41, 5.74) is 9.06. The topological polar surface area (TPSA) is 60.9 Å². The van der Waals surface area contributed by atoms with Crippen LogP contribution >= 0.6 is 0 Å². The fourth-order valence-electron chi connectivity index (χ4n) is 2.39. The zero-order valence-corrected chi connectivity index (χ0v) is 11.2. The summed E-state index contributed by atoms with van der Waals surface area (Å²) in [5, 5.41) is 0. The van der Waals surface area contributed by atoms with E-state index in [1.807, 2.05) is 18.3 Å². The molecule has 1 aliphatic heterocycles. The summed E-state index contributed by atoms with van der Waals surface area (Å²) in [4.78, 5) is 15.5. The van der Waals surface area contributed by atoms with Crippen LogP contribution in [0.3, 0.4) is 0 Å². The highest BCUT2D eigenvalue weighted by Gasteiger charge is 2.13. The van der Waals surface area contributed by atoms with E-state index in [0.29, 0.717) is 5.56 Å². The molecule has 0 bridgehead atoms. The van der Waals surface area contributed by atoms with Gasteiger partial charge in [-0.1, -0.05) is 24.3 Å². The first-order chi connectivity index (χ1) is 9.66. The molecule has 0 unspecified atom stereocenters. The van der Waals surface area contributed by atoms with Crippen LogP contribution in [0.2, 0.25) is 0 Å². The molecule has 1 amide bonds. The number of carbonyl (C=O) groups is 1. The molecule has 2 aromatic rings. The molecule has 1 aliphatic rings. The maximum atomic E-state index is 11.1. The van der Waals surface area contributed by atoms with Gasteiger partial charge < -0.3 is 5.73 Å². The van der Waals surface area contributed by atoms with E-state index in [1.54, 1.807) is 18.3 Å². The second kappa shape index (κ2) is 4.81. The van der Waals surface area contributed by atoms with Crippen molar-refractivity contribution in [2.24, 2.45) is 5.73 Å². The Morgan fingerprint density at radius 1 is 1.25 bits per heavy atom. The molecule has 0 fully saturated rings. The molecular formula is C16H15N3O. The van der Waals surface area contributed by atoms with Gasteiger partial charge in [-0.05, 0) is 36.6 Å². The number of rotatable bonds is 2. The molecule has 0 saturated heterocycles. The molecule has 0 spiro atoms. The highest BCUT2D eigenvalue weighted by Crippen LogP contribution is 2.26. The quantitative estimate of drug-likeness (QED) is 0.907. The summed E-state index contributed by atoms with van der Waals surface area (Å²) in [6, 6.07) is 7.33. The Labute approximate surface area is 117 Å². The van der Waals surface area contributed by atoms with Crippen LogP contribution in [0.15, 0.2) is 48.8 Å². The van der Waals surface area contributed by atoms with Crippen LogP contribution in [0.1, 0.15) is 35.1 Å². The Morgan fingerprint density at radius 2 is 2.00 bits per heavy atom. The van der Waals surface area contributed by atoms with Gasteiger partial charge in [-0.2, -0.15) is 0 Å². The smallest absolute Gasteiger partial charge is 0.248 e. The van der Waals surface area contributed by atoms with Gasteiger partial charge in [0.25, 0.3) is 0 Å². The molecule has 4 heteroatoms. The number of amides is 1. The summed E-state index contributed by atoms with van der Waals surface area (Å²) in [7, 11) is 0. The molecule has 0 atom stereocenters. The number of carbonyl (C=O) groups excluding carboxylic acids is 1. The van der Waals surface area contributed by atoms with Gasteiger partial charge in [-0.3, -0.25) is 9.36 Å². The summed E-state index contributed by atoms with van der Waals surface area (Å²) >= 11 is 0. The van der Waals surface area contributed by atoms with Crippen molar-refractivity contribution in [1.29, 1.82) is 0 Å². The lowest BCUT2D eigenvalue weighted by molar-refractivity contribution is 0.100. The van der Waals surface area contributed by atoms with E-state index in [4.69, 9.17) is 5.73 Å². The van der Waals surface area contributed by atoms with Crippen molar-refractivity contribution >= 4 is 17.2 Å². The van der Waals surface area contributed by atoms with Gasteiger partial charge in [0, 0.05) is 18.0 Å². The Kier molecular flexibility index (Phi) is 2.99. The van der Waals surface area contributed by atoms with Crippen LogP contribution in [-0.4, -0.2) is 15.5 Å². The van der Waals surface area contributed by atoms with Crippen LogP contribution in [0.5, 0.6) is 0 Å². The predicted molar refractivity (Wildman–Crippen MR) is 78.8 cm³/mol. The van der Waals surface area contributed by atoms with E-state index >= 15 is 0 Å². The summed E-state index contributed by atoms with van der Waals surface area (Å²) in [6.07, 6.45) is 8.92. The van der Waals surface area contributed by atoms with Crippen molar-refractivity contribution in [3.8, 4) is 0 Å². The number of aromatic nitrogens is 2. The molecule has 4 nitrogen and oxygen atoms in total. The first-order valence-electron chi connectivity index (χ1n) is 6.48. The van der Waals surface area contributed by atoms with E-state index in [-0.39, 0.29) is 0 Å². The van der Waals surface area contributed by atoms with Crippen molar-refractivity contribution in [2.45, 2.75) is 13.3 Å². The van der Waals surface area contributed by atoms with E-state index in [0.717, 1.165) is 29.1 Å². The van der Waals surface area contributed by atoms with E-state index < -0.39 is 5.91 Å². The van der Waals surface area contributed by atoms with Crippen molar-refractivity contribution in [1.82, 2.24) is 9.55 Å². The monoisotopic (exact) mass is 265 g/mol. The van der Waals surface area contributed by atoms with Crippen LogP contribution in [0.25, 0.3) is 11.3 Å². The van der Waals surface area contributed by atoms with Crippen LogP contribution in [-0.2, 0) is 0 Å². The third-order valence-corrected chi connectivity index (χ3v) is 3.45. The fraction of sp³-hybridized carbons (Fsp3) is 0.125. The molecule has 0 saturated carbocycles. The standard InChI is InChI=1S/C16H15N3O/c1-11-3-2-4-14(19-10-9-18-16(11)19)12-5-7-13(8-6-12)15(17)20/h3-10H,2H2,1H3,(H2,17,20). The lowest BCUT2D eigenvalue weighted by Crippen LogP contribution is -2.10. The number of hydrogen-bond donors (Lipinski definition) is 1. The number of imidazole rings is 1. The third kappa shape index (κ3) is 2.05. The van der Waals surface area contributed by atoms with Crippen molar-refractivity contribution in [2.75, 3.05) is 0 Å². The summed E-state index contributed by atoms with van der Waals surface area (Å²) in [5.74, 6) is 0.542. The predicted octanol–water partition coefficient (Wildman–Crippen LogP) is 2.68. The molecule has 0 radical (unpaired) electrons. The van der Waals surface area contributed by atoms with Gasteiger partial charge in [0.05, 0.1) is 5.70 Å². The number of primary amides is 1. The molecular weight excluding hydrogens is 250 g/mol. The van der Waals surface area contributed by atoms with Gasteiger partial charge in [0.1, 0.15) is 5.82 Å². The minimum Gasteiger partial charge on any atom is -0.366 e. The second-order valence-corrected chi connectivity index (χ2v) is 4.77. The van der Waals surface area contributed by atoms with Gasteiger partial charge in [-0.25, -0.2) is 4.98 Å². The third-order valence-electron chi connectivity index (χ3n) is 3.45. The Bertz CT molecular complexity index is 720. The van der Waals surface area contributed by atoms with Crippen LogP contribution in [0, 0.1) is 0 Å². The lowest BCUT2D eigenvalue weighted by Gasteiger charge is -2.11. The van der Waals surface area contributed by atoms with E-state index in [2.05, 4.69) is 28.6 Å². The highest BCUT2D eigenvalue weighted by atomic mass is 16.1. The van der Waals surface area contributed by atoms with Gasteiger partial charge in [0.15, 0.2) is 0 Å². The molecule has 3 rings (SSSR count). The number of nitrogens with zero attached hydrogens (tertiary/aromatic N) is 2. The Balaban J connectivity index is 2.05. The molecule has 2 heterocycles. The first-order valence-corrected chi connectivity index (χ1v) is 6.48. The Hall–Kier alpha value is -2.62. The van der Waals surface area contributed by atoms with Crippen molar-refractivity contribution in [3.63, 3.8) is 0 Å².